The Hall–Kier alpha value is -1.69. The van der Waals surface area contributed by atoms with Gasteiger partial charge >= 0.3 is 5.97 Å². The molecule has 1 atom stereocenters. The van der Waals surface area contributed by atoms with Gasteiger partial charge in [0.05, 0.1) is 10.2 Å². The molecular formula is C12H13N3O2S. The fraction of sp³-hybridized carbons (Fsp3) is 0.417. The van der Waals surface area contributed by atoms with E-state index >= 15 is 0 Å². The van der Waals surface area contributed by atoms with E-state index in [9.17, 15) is 9.90 Å². The van der Waals surface area contributed by atoms with Gasteiger partial charge in [-0.05, 0) is 31.2 Å². The fourth-order valence-corrected chi connectivity index (χ4v) is 3.34. The Morgan fingerprint density at radius 1 is 1.56 bits per heavy atom. The third-order valence-electron chi connectivity index (χ3n) is 3.58. The lowest BCUT2D eigenvalue weighted by molar-refractivity contribution is -0.142. The third kappa shape index (κ3) is 1.49. The summed E-state index contributed by atoms with van der Waals surface area (Å²) >= 11 is 1.55. The van der Waals surface area contributed by atoms with Crippen molar-refractivity contribution in [2.45, 2.75) is 25.3 Å². The van der Waals surface area contributed by atoms with Crippen LogP contribution in [0.25, 0.3) is 10.2 Å². The van der Waals surface area contributed by atoms with Crippen molar-refractivity contribution in [2.75, 3.05) is 11.4 Å². The average Bonchev–Trinajstić information content (AvgIpc) is 2.95. The number of carboxylic acid groups (broad SMARTS) is 1. The molecule has 3 heterocycles. The number of rotatable bonds is 2. The third-order valence-corrected chi connectivity index (χ3v) is 4.48. The molecule has 0 radical (unpaired) electrons. The summed E-state index contributed by atoms with van der Waals surface area (Å²) in [6.07, 6.45) is 3.03. The summed E-state index contributed by atoms with van der Waals surface area (Å²) < 4.78 is 0.965. The molecule has 5 nitrogen and oxygen atoms in total. The first-order valence-electron chi connectivity index (χ1n) is 5.82. The molecule has 1 saturated heterocycles. The van der Waals surface area contributed by atoms with Crippen LogP contribution in [-0.2, 0) is 4.79 Å². The number of anilines is 1. The van der Waals surface area contributed by atoms with Crippen molar-refractivity contribution in [3.63, 3.8) is 0 Å². The van der Waals surface area contributed by atoms with Gasteiger partial charge in [-0.3, -0.25) is 0 Å². The largest absolute Gasteiger partial charge is 0.480 e. The van der Waals surface area contributed by atoms with Gasteiger partial charge in [-0.25, -0.2) is 14.8 Å². The second-order valence-corrected chi connectivity index (χ2v) is 5.58. The van der Waals surface area contributed by atoms with E-state index in [-0.39, 0.29) is 0 Å². The van der Waals surface area contributed by atoms with Gasteiger partial charge in [-0.15, -0.1) is 11.3 Å². The minimum Gasteiger partial charge on any atom is -0.480 e. The fourth-order valence-electron chi connectivity index (χ4n) is 2.49. The SMILES string of the molecule is CC1(C(=O)O)CCCN1c1ncnc2ccsc12. The summed E-state index contributed by atoms with van der Waals surface area (Å²) in [7, 11) is 0. The number of carboxylic acids is 1. The van der Waals surface area contributed by atoms with Gasteiger partial charge in [0.2, 0.25) is 0 Å². The van der Waals surface area contributed by atoms with E-state index in [0.717, 1.165) is 29.0 Å². The Balaban J connectivity index is 2.14. The molecule has 1 unspecified atom stereocenters. The van der Waals surface area contributed by atoms with Gasteiger partial charge in [-0.2, -0.15) is 0 Å². The lowest BCUT2D eigenvalue weighted by Gasteiger charge is -2.32. The highest BCUT2D eigenvalue weighted by Gasteiger charge is 2.44. The monoisotopic (exact) mass is 263 g/mol. The molecule has 18 heavy (non-hydrogen) atoms. The summed E-state index contributed by atoms with van der Waals surface area (Å²) in [4.78, 5) is 21.9. The minimum absolute atomic E-state index is 0.652. The number of hydrogen-bond donors (Lipinski definition) is 1. The summed E-state index contributed by atoms with van der Waals surface area (Å²) in [6, 6.07) is 1.93. The van der Waals surface area contributed by atoms with Crippen LogP contribution in [0.3, 0.4) is 0 Å². The maximum absolute atomic E-state index is 11.5. The van der Waals surface area contributed by atoms with Crippen LogP contribution in [-0.4, -0.2) is 33.1 Å². The topological polar surface area (TPSA) is 66.3 Å². The Bertz CT molecular complexity index is 612. The summed E-state index contributed by atoms with van der Waals surface area (Å²) in [6.45, 7) is 2.50. The lowest BCUT2D eigenvalue weighted by atomic mass is 9.99. The van der Waals surface area contributed by atoms with Crippen molar-refractivity contribution in [1.82, 2.24) is 9.97 Å². The van der Waals surface area contributed by atoms with Crippen LogP contribution in [0.1, 0.15) is 19.8 Å². The van der Waals surface area contributed by atoms with E-state index in [1.54, 1.807) is 18.3 Å². The minimum atomic E-state index is -0.856. The summed E-state index contributed by atoms with van der Waals surface area (Å²) in [5.41, 5.74) is 0.0234. The molecule has 0 saturated carbocycles. The van der Waals surface area contributed by atoms with E-state index < -0.39 is 11.5 Å². The van der Waals surface area contributed by atoms with Crippen molar-refractivity contribution in [2.24, 2.45) is 0 Å². The van der Waals surface area contributed by atoms with E-state index in [1.807, 2.05) is 16.3 Å². The van der Waals surface area contributed by atoms with Gasteiger partial charge in [0, 0.05) is 6.54 Å². The van der Waals surface area contributed by atoms with Crippen LogP contribution < -0.4 is 4.90 Å². The number of aliphatic carboxylic acids is 1. The summed E-state index contributed by atoms with van der Waals surface area (Å²) in [5.74, 6) is -0.0410. The molecule has 0 amide bonds. The van der Waals surface area contributed by atoms with Crippen molar-refractivity contribution >= 4 is 33.3 Å². The van der Waals surface area contributed by atoms with Gasteiger partial charge in [-0.1, -0.05) is 0 Å². The molecule has 0 spiro atoms. The highest BCUT2D eigenvalue weighted by atomic mass is 32.1. The maximum Gasteiger partial charge on any atom is 0.329 e. The number of nitrogens with zero attached hydrogens (tertiary/aromatic N) is 3. The van der Waals surface area contributed by atoms with Gasteiger partial charge in [0.25, 0.3) is 0 Å². The van der Waals surface area contributed by atoms with Crippen molar-refractivity contribution in [3.8, 4) is 0 Å². The molecule has 2 aromatic heterocycles. The highest BCUT2D eigenvalue weighted by molar-refractivity contribution is 7.17. The lowest BCUT2D eigenvalue weighted by Crippen LogP contribution is -2.48. The molecule has 94 valence electrons. The first kappa shape index (κ1) is 11.4. The van der Waals surface area contributed by atoms with Crippen LogP contribution in [0.2, 0.25) is 0 Å². The number of aromatic nitrogens is 2. The van der Waals surface area contributed by atoms with Gasteiger partial charge in [0.15, 0.2) is 5.82 Å². The zero-order valence-corrected chi connectivity index (χ0v) is 10.8. The standard InChI is InChI=1S/C12H13N3O2S/c1-12(11(16)17)4-2-5-15(12)10-9-8(3-6-18-9)13-7-14-10/h3,6-7H,2,4-5H2,1H3,(H,16,17). The van der Waals surface area contributed by atoms with Crippen LogP contribution in [0.5, 0.6) is 0 Å². The first-order chi connectivity index (χ1) is 8.63. The molecule has 1 fully saturated rings. The molecule has 1 aliphatic rings. The number of thiophene rings is 1. The van der Waals surface area contributed by atoms with Gasteiger partial charge < -0.3 is 10.0 Å². The molecule has 1 N–H and O–H groups in total. The van der Waals surface area contributed by atoms with Crippen LogP contribution in [0.15, 0.2) is 17.8 Å². The Morgan fingerprint density at radius 3 is 3.17 bits per heavy atom. The molecule has 6 heteroatoms. The van der Waals surface area contributed by atoms with E-state index in [2.05, 4.69) is 9.97 Å². The molecular weight excluding hydrogens is 250 g/mol. The van der Waals surface area contributed by atoms with Crippen molar-refractivity contribution in [1.29, 1.82) is 0 Å². The molecule has 0 aromatic carbocycles. The Kier molecular flexibility index (Phi) is 2.48. The highest BCUT2D eigenvalue weighted by Crippen LogP contribution is 2.37. The maximum atomic E-state index is 11.5. The number of hydrogen-bond acceptors (Lipinski definition) is 5. The predicted octanol–water partition coefficient (Wildman–Crippen LogP) is 2.13. The Labute approximate surface area is 108 Å². The zero-order valence-electron chi connectivity index (χ0n) is 9.96. The van der Waals surface area contributed by atoms with Crippen LogP contribution in [0, 0.1) is 0 Å². The van der Waals surface area contributed by atoms with E-state index in [4.69, 9.17) is 0 Å². The predicted molar refractivity (Wildman–Crippen MR) is 70.0 cm³/mol. The van der Waals surface area contributed by atoms with Crippen LogP contribution >= 0.6 is 11.3 Å². The smallest absolute Gasteiger partial charge is 0.329 e. The summed E-state index contributed by atoms with van der Waals surface area (Å²) in [5, 5.41) is 11.4. The Morgan fingerprint density at radius 2 is 2.39 bits per heavy atom. The molecule has 1 aliphatic heterocycles. The second kappa shape index (κ2) is 3.91. The number of fused-ring (bicyclic) bond motifs is 1. The first-order valence-corrected chi connectivity index (χ1v) is 6.70. The van der Waals surface area contributed by atoms with E-state index in [0.29, 0.717) is 6.42 Å². The molecule has 0 aliphatic carbocycles. The zero-order chi connectivity index (χ0) is 12.8. The normalized spacial score (nSPS) is 23.7. The van der Waals surface area contributed by atoms with E-state index in [1.165, 1.54) is 6.33 Å². The average molecular weight is 263 g/mol. The van der Waals surface area contributed by atoms with Gasteiger partial charge in [0.1, 0.15) is 11.9 Å². The number of carbonyl (C=O) groups is 1. The van der Waals surface area contributed by atoms with Crippen LogP contribution in [0.4, 0.5) is 5.82 Å². The molecule has 0 bridgehead atoms. The van der Waals surface area contributed by atoms with Crippen molar-refractivity contribution in [3.05, 3.63) is 17.8 Å². The molecule has 2 aromatic rings. The quantitative estimate of drug-likeness (QED) is 0.899. The van der Waals surface area contributed by atoms with Crippen molar-refractivity contribution < 1.29 is 9.90 Å². The second-order valence-electron chi connectivity index (χ2n) is 4.67. The molecule has 3 rings (SSSR count).